The van der Waals surface area contributed by atoms with Crippen LogP contribution in [-0.4, -0.2) is 51.9 Å². The molecule has 0 bridgehead atoms. The van der Waals surface area contributed by atoms with Gasteiger partial charge < -0.3 is 14.3 Å². The van der Waals surface area contributed by atoms with Crippen molar-refractivity contribution in [2.24, 2.45) is 5.92 Å². The van der Waals surface area contributed by atoms with Crippen molar-refractivity contribution in [3.05, 3.63) is 71.8 Å². The maximum Gasteiger partial charge on any atom is 0.257 e. The Kier molecular flexibility index (Phi) is 6.58. The number of halogens is 1. The highest BCUT2D eigenvalue weighted by Gasteiger charge is 2.32. The molecule has 2 amide bonds. The molecule has 0 spiro atoms. The van der Waals surface area contributed by atoms with E-state index in [-0.39, 0.29) is 30.1 Å². The highest BCUT2D eigenvalue weighted by Crippen LogP contribution is 2.21. The Balaban J connectivity index is 1.34. The van der Waals surface area contributed by atoms with E-state index in [2.05, 4.69) is 10.1 Å². The lowest BCUT2D eigenvalue weighted by atomic mass is 9.95. The van der Waals surface area contributed by atoms with Crippen LogP contribution in [0.15, 0.2) is 59.1 Å². The second-order valence-corrected chi connectivity index (χ2v) is 8.03. The molecule has 0 saturated carbocycles. The van der Waals surface area contributed by atoms with Gasteiger partial charge >= 0.3 is 0 Å². The first kappa shape index (κ1) is 21.7. The van der Waals surface area contributed by atoms with Crippen LogP contribution in [0.2, 0.25) is 0 Å². The Morgan fingerprint density at radius 3 is 2.81 bits per heavy atom. The number of rotatable bonds is 7. The predicted octanol–water partition coefficient (Wildman–Crippen LogP) is 3.32. The number of piperidine rings is 1. The fourth-order valence-corrected chi connectivity index (χ4v) is 3.91. The average molecular weight is 436 g/mol. The van der Waals surface area contributed by atoms with Crippen molar-refractivity contribution in [2.75, 3.05) is 20.1 Å². The molecule has 1 aromatic heterocycles. The first-order valence-electron chi connectivity index (χ1n) is 10.6. The Morgan fingerprint density at radius 2 is 2.03 bits per heavy atom. The summed E-state index contributed by atoms with van der Waals surface area (Å²) in [6.07, 6.45) is 1.39. The molecule has 166 valence electrons. The van der Waals surface area contributed by atoms with Gasteiger partial charge in [-0.15, -0.1) is 0 Å². The van der Waals surface area contributed by atoms with Gasteiger partial charge in [0, 0.05) is 32.1 Å². The monoisotopic (exact) mass is 436 g/mol. The van der Waals surface area contributed by atoms with Gasteiger partial charge in [0.25, 0.3) is 5.89 Å². The molecule has 2 aromatic carbocycles. The van der Waals surface area contributed by atoms with Crippen LogP contribution in [0, 0.1) is 11.7 Å². The Morgan fingerprint density at radius 1 is 1.22 bits per heavy atom. The molecular formula is C24H25FN4O3. The van der Waals surface area contributed by atoms with E-state index in [0.717, 1.165) is 11.1 Å². The third kappa shape index (κ3) is 5.19. The normalized spacial score (nSPS) is 16.2. The minimum Gasteiger partial charge on any atom is -0.342 e. The van der Waals surface area contributed by atoms with Crippen molar-refractivity contribution >= 4 is 11.8 Å². The molecule has 0 N–H and O–H groups in total. The van der Waals surface area contributed by atoms with E-state index >= 15 is 0 Å². The SMILES string of the molecule is CN(Cc1noc(-c2ccccc2)n1)C(=O)[C@H]1CCC(=O)N(CCc2cccc(F)c2)C1. The van der Waals surface area contributed by atoms with Gasteiger partial charge in [0.2, 0.25) is 11.8 Å². The first-order chi connectivity index (χ1) is 15.5. The molecule has 1 atom stereocenters. The zero-order chi connectivity index (χ0) is 22.5. The highest BCUT2D eigenvalue weighted by atomic mass is 19.1. The maximum atomic E-state index is 13.4. The number of benzene rings is 2. The van der Waals surface area contributed by atoms with Crippen LogP contribution in [0.1, 0.15) is 24.2 Å². The number of nitrogens with zero attached hydrogens (tertiary/aromatic N) is 4. The summed E-state index contributed by atoms with van der Waals surface area (Å²) in [4.78, 5) is 33.0. The third-order valence-electron chi connectivity index (χ3n) is 5.65. The van der Waals surface area contributed by atoms with Crippen molar-refractivity contribution in [3.8, 4) is 11.5 Å². The zero-order valence-electron chi connectivity index (χ0n) is 17.9. The van der Waals surface area contributed by atoms with E-state index in [4.69, 9.17) is 4.52 Å². The summed E-state index contributed by atoms with van der Waals surface area (Å²) >= 11 is 0. The van der Waals surface area contributed by atoms with E-state index in [9.17, 15) is 14.0 Å². The number of likely N-dealkylation sites (tertiary alicyclic amines) is 1. The van der Waals surface area contributed by atoms with Crippen LogP contribution in [-0.2, 0) is 22.6 Å². The summed E-state index contributed by atoms with van der Waals surface area (Å²) in [5, 5.41) is 3.98. The Bertz CT molecular complexity index is 1090. The second kappa shape index (κ2) is 9.72. The van der Waals surface area contributed by atoms with E-state index in [0.29, 0.717) is 44.1 Å². The van der Waals surface area contributed by atoms with E-state index in [1.54, 1.807) is 22.9 Å². The fraction of sp³-hybridized carbons (Fsp3) is 0.333. The average Bonchev–Trinajstić information content (AvgIpc) is 3.27. The highest BCUT2D eigenvalue weighted by molar-refractivity contribution is 5.83. The molecule has 8 heteroatoms. The number of hydrogen-bond donors (Lipinski definition) is 0. The Hall–Kier alpha value is -3.55. The molecule has 1 aliphatic heterocycles. The van der Waals surface area contributed by atoms with Crippen molar-refractivity contribution in [3.63, 3.8) is 0 Å². The van der Waals surface area contributed by atoms with E-state index < -0.39 is 0 Å². The van der Waals surface area contributed by atoms with Crippen molar-refractivity contribution < 1.29 is 18.5 Å². The smallest absolute Gasteiger partial charge is 0.257 e. The molecule has 0 aliphatic carbocycles. The third-order valence-corrected chi connectivity index (χ3v) is 5.65. The molecule has 0 radical (unpaired) electrons. The van der Waals surface area contributed by atoms with Gasteiger partial charge in [0.05, 0.1) is 12.5 Å². The van der Waals surface area contributed by atoms with Crippen molar-refractivity contribution in [2.45, 2.75) is 25.8 Å². The van der Waals surface area contributed by atoms with Crippen LogP contribution in [0.4, 0.5) is 4.39 Å². The summed E-state index contributed by atoms with van der Waals surface area (Å²) in [5.74, 6) is 0.227. The fourth-order valence-electron chi connectivity index (χ4n) is 3.91. The predicted molar refractivity (Wildman–Crippen MR) is 116 cm³/mol. The Labute approximate surface area is 185 Å². The van der Waals surface area contributed by atoms with Crippen molar-refractivity contribution in [1.29, 1.82) is 0 Å². The molecule has 1 aliphatic rings. The lowest BCUT2D eigenvalue weighted by Crippen LogP contribution is -2.46. The summed E-state index contributed by atoms with van der Waals surface area (Å²) in [6, 6.07) is 15.8. The van der Waals surface area contributed by atoms with Crippen LogP contribution in [0.3, 0.4) is 0 Å². The molecule has 7 nitrogen and oxygen atoms in total. The van der Waals surface area contributed by atoms with Gasteiger partial charge in [-0.3, -0.25) is 9.59 Å². The number of carbonyl (C=O) groups excluding carboxylic acids is 2. The molecule has 1 saturated heterocycles. The lowest BCUT2D eigenvalue weighted by Gasteiger charge is -2.33. The number of hydrogen-bond acceptors (Lipinski definition) is 5. The van der Waals surface area contributed by atoms with E-state index in [1.807, 2.05) is 36.4 Å². The maximum absolute atomic E-state index is 13.4. The van der Waals surface area contributed by atoms with Gasteiger partial charge in [-0.1, -0.05) is 35.5 Å². The zero-order valence-corrected chi connectivity index (χ0v) is 17.9. The van der Waals surface area contributed by atoms with Crippen LogP contribution in [0.5, 0.6) is 0 Å². The quantitative estimate of drug-likeness (QED) is 0.568. The molecule has 32 heavy (non-hydrogen) atoms. The second-order valence-electron chi connectivity index (χ2n) is 8.03. The summed E-state index contributed by atoms with van der Waals surface area (Å²) < 4.78 is 18.7. The lowest BCUT2D eigenvalue weighted by molar-refractivity contribution is -0.142. The number of aromatic nitrogens is 2. The number of amides is 2. The van der Waals surface area contributed by atoms with Gasteiger partial charge in [-0.2, -0.15) is 4.98 Å². The molecular weight excluding hydrogens is 411 g/mol. The summed E-state index contributed by atoms with van der Waals surface area (Å²) in [5.41, 5.74) is 1.65. The van der Waals surface area contributed by atoms with Crippen LogP contribution >= 0.6 is 0 Å². The van der Waals surface area contributed by atoms with Gasteiger partial charge in [0.1, 0.15) is 5.82 Å². The van der Waals surface area contributed by atoms with Gasteiger partial charge in [0.15, 0.2) is 5.82 Å². The largest absolute Gasteiger partial charge is 0.342 e. The van der Waals surface area contributed by atoms with Crippen LogP contribution < -0.4 is 0 Å². The van der Waals surface area contributed by atoms with Crippen molar-refractivity contribution in [1.82, 2.24) is 19.9 Å². The minimum absolute atomic E-state index is 0.0266. The van der Waals surface area contributed by atoms with E-state index in [1.165, 1.54) is 12.1 Å². The molecule has 0 unspecified atom stereocenters. The van der Waals surface area contributed by atoms with Crippen LogP contribution in [0.25, 0.3) is 11.5 Å². The molecule has 3 aromatic rings. The topological polar surface area (TPSA) is 79.5 Å². The molecule has 2 heterocycles. The summed E-state index contributed by atoms with van der Waals surface area (Å²) in [6.45, 7) is 1.04. The molecule has 1 fully saturated rings. The number of carbonyl (C=O) groups is 2. The van der Waals surface area contributed by atoms with Gasteiger partial charge in [-0.05, 0) is 42.7 Å². The first-order valence-corrected chi connectivity index (χ1v) is 10.6. The summed E-state index contributed by atoms with van der Waals surface area (Å²) in [7, 11) is 1.70. The standard InChI is InChI=1S/C24H25FN4O3/c1-28(16-21-26-23(32-27-21)18-7-3-2-4-8-18)24(31)19-10-11-22(30)29(15-19)13-12-17-6-5-9-20(25)14-17/h2-9,14,19H,10-13,15-16H2,1H3/t19-/m0/s1. The minimum atomic E-state index is -0.293. The molecule has 4 rings (SSSR count). The van der Waals surface area contributed by atoms with Gasteiger partial charge in [-0.25, -0.2) is 4.39 Å².